The minimum atomic E-state index is -4.64. The molecule has 15 heavy (non-hydrogen) atoms. The molecule has 8 heteroatoms. The van der Waals surface area contributed by atoms with Gasteiger partial charge in [0.2, 0.25) is 0 Å². The van der Waals surface area contributed by atoms with Gasteiger partial charge < -0.3 is 16.2 Å². The summed E-state index contributed by atoms with van der Waals surface area (Å²) in [4.78, 5) is 0. The molecule has 1 aromatic heterocycles. The summed E-state index contributed by atoms with van der Waals surface area (Å²) in [6, 6.07) is 0. The van der Waals surface area contributed by atoms with Crippen LogP contribution in [0.5, 0.6) is 0 Å². The van der Waals surface area contributed by atoms with E-state index in [1.807, 2.05) is 0 Å². The zero-order chi connectivity index (χ0) is 11.6. The van der Waals surface area contributed by atoms with E-state index < -0.39 is 18.8 Å². The molecular weight excluding hydrogens is 213 g/mol. The summed E-state index contributed by atoms with van der Waals surface area (Å²) in [6.45, 7) is -0.676. The normalized spacial score (nSPS) is 13.9. The molecule has 0 aliphatic heterocycles. The lowest BCUT2D eigenvalue weighted by Crippen LogP contribution is -2.35. The topological polar surface area (TPSA) is 76.1 Å². The van der Waals surface area contributed by atoms with Gasteiger partial charge in [-0.25, -0.2) is 0 Å². The predicted octanol–water partition coefficient (Wildman–Crippen LogP) is 0.337. The van der Waals surface area contributed by atoms with Gasteiger partial charge in [-0.2, -0.15) is 18.3 Å². The molecule has 0 fully saturated rings. The summed E-state index contributed by atoms with van der Waals surface area (Å²) in [5.41, 5.74) is 5.66. The van der Waals surface area contributed by atoms with Gasteiger partial charge in [0.15, 0.2) is 11.9 Å². The predicted molar refractivity (Wildman–Crippen MR) is 48.2 cm³/mol. The second kappa shape index (κ2) is 3.97. The molecule has 0 amide bonds. The maximum absolute atomic E-state index is 11.9. The number of aryl methyl sites for hydroxylation is 1. The summed E-state index contributed by atoms with van der Waals surface area (Å²) in [5.74, 6) is 0.126. The number of hydrogen-bond donors (Lipinski definition) is 3. The van der Waals surface area contributed by atoms with Crippen molar-refractivity contribution < 1.29 is 18.3 Å². The summed E-state index contributed by atoms with van der Waals surface area (Å²) >= 11 is 0. The van der Waals surface area contributed by atoms with Crippen molar-refractivity contribution in [3.63, 3.8) is 0 Å². The minimum absolute atomic E-state index is 0.126. The van der Waals surface area contributed by atoms with E-state index in [-0.39, 0.29) is 11.5 Å². The van der Waals surface area contributed by atoms with Gasteiger partial charge in [-0.1, -0.05) is 0 Å². The molecule has 0 saturated heterocycles. The zero-order valence-electron chi connectivity index (χ0n) is 7.91. The monoisotopic (exact) mass is 224 g/mol. The number of rotatable bonds is 3. The highest BCUT2D eigenvalue weighted by molar-refractivity contribution is 5.59. The van der Waals surface area contributed by atoms with Crippen LogP contribution in [0.2, 0.25) is 0 Å². The second-order valence-electron chi connectivity index (χ2n) is 3.05. The lowest BCUT2D eigenvalue weighted by molar-refractivity contribution is -0.198. The lowest BCUT2D eigenvalue weighted by Gasteiger charge is -2.14. The van der Waals surface area contributed by atoms with E-state index in [0.29, 0.717) is 0 Å². The molecule has 1 aromatic rings. The number of nitrogens with two attached hydrogens (primary N) is 1. The van der Waals surface area contributed by atoms with E-state index in [4.69, 9.17) is 10.8 Å². The number of aliphatic hydroxyl groups is 1. The van der Waals surface area contributed by atoms with E-state index in [1.54, 1.807) is 7.05 Å². The number of aromatic nitrogens is 2. The molecule has 0 aliphatic carbocycles. The van der Waals surface area contributed by atoms with Crippen LogP contribution in [0.1, 0.15) is 0 Å². The second-order valence-corrected chi connectivity index (χ2v) is 3.05. The van der Waals surface area contributed by atoms with Crippen LogP contribution in [0.3, 0.4) is 0 Å². The van der Waals surface area contributed by atoms with Crippen molar-refractivity contribution in [2.75, 3.05) is 17.6 Å². The van der Waals surface area contributed by atoms with Crippen molar-refractivity contribution in [2.45, 2.75) is 12.3 Å². The first-order valence-corrected chi connectivity index (χ1v) is 4.08. The summed E-state index contributed by atoms with van der Waals surface area (Å²) in [6.07, 6.45) is -5.63. The third-order valence-electron chi connectivity index (χ3n) is 1.70. The van der Waals surface area contributed by atoms with Crippen LogP contribution in [0.25, 0.3) is 0 Å². The van der Waals surface area contributed by atoms with Crippen molar-refractivity contribution >= 4 is 11.5 Å². The van der Waals surface area contributed by atoms with Crippen LogP contribution in [-0.4, -0.2) is 33.7 Å². The number of alkyl halides is 3. The van der Waals surface area contributed by atoms with Crippen molar-refractivity contribution in [3.05, 3.63) is 6.20 Å². The molecule has 1 atom stereocenters. The maximum Gasteiger partial charge on any atom is 0.416 e. The number of aliphatic hydroxyl groups excluding tert-OH is 1. The van der Waals surface area contributed by atoms with Crippen LogP contribution in [0.4, 0.5) is 24.7 Å². The fourth-order valence-corrected chi connectivity index (χ4v) is 0.953. The van der Waals surface area contributed by atoms with Gasteiger partial charge >= 0.3 is 6.18 Å². The van der Waals surface area contributed by atoms with Gasteiger partial charge in [0.25, 0.3) is 0 Å². The van der Waals surface area contributed by atoms with Gasteiger partial charge in [-0.15, -0.1) is 0 Å². The summed E-state index contributed by atoms with van der Waals surface area (Å²) < 4.78 is 37.1. The Hall–Kier alpha value is -1.44. The average molecular weight is 224 g/mol. The first kappa shape index (κ1) is 11.6. The highest BCUT2D eigenvalue weighted by Crippen LogP contribution is 2.21. The van der Waals surface area contributed by atoms with E-state index in [1.165, 1.54) is 10.9 Å². The van der Waals surface area contributed by atoms with Crippen molar-refractivity contribution in [2.24, 2.45) is 7.05 Å². The van der Waals surface area contributed by atoms with Crippen molar-refractivity contribution in [1.82, 2.24) is 9.78 Å². The first-order chi connectivity index (χ1) is 6.80. The summed E-state index contributed by atoms with van der Waals surface area (Å²) in [7, 11) is 1.59. The number of hydrogen-bond acceptors (Lipinski definition) is 4. The molecule has 4 N–H and O–H groups in total. The molecule has 5 nitrogen and oxygen atoms in total. The van der Waals surface area contributed by atoms with Crippen molar-refractivity contribution in [3.8, 4) is 0 Å². The third-order valence-corrected chi connectivity index (χ3v) is 1.70. The van der Waals surface area contributed by atoms with Gasteiger partial charge in [0.05, 0.1) is 12.2 Å². The molecular formula is C7H11F3N4O. The Balaban J connectivity index is 2.54. The summed E-state index contributed by atoms with van der Waals surface area (Å²) in [5, 5.41) is 14.8. The number of anilines is 2. The maximum atomic E-state index is 11.9. The number of nitrogens with one attached hydrogen (secondary N) is 1. The molecule has 0 spiro atoms. The Morgan fingerprint density at radius 2 is 2.27 bits per heavy atom. The van der Waals surface area contributed by atoms with Crippen molar-refractivity contribution in [1.29, 1.82) is 0 Å². The Labute approximate surface area is 83.7 Å². The number of nitrogen functional groups attached to an aromatic ring is 1. The van der Waals surface area contributed by atoms with Crippen LogP contribution in [0, 0.1) is 0 Å². The Kier molecular flexibility index (Phi) is 3.08. The lowest BCUT2D eigenvalue weighted by atomic mass is 10.3. The minimum Gasteiger partial charge on any atom is -0.394 e. The molecule has 86 valence electrons. The molecule has 0 bridgehead atoms. The SMILES string of the molecule is Cn1cc(N)c(NCC(O)C(F)(F)F)n1. The molecule has 0 aliphatic rings. The molecule has 1 heterocycles. The van der Waals surface area contributed by atoms with Crippen LogP contribution in [0.15, 0.2) is 6.20 Å². The quantitative estimate of drug-likeness (QED) is 0.691. The largest absolute Gasteiger partial charge is 0.416 e. The molecule has 0 radical (unpaired) electrons. The first-order valence-electron chi connectivity index (χ1n) is 4.08. The van der Waals surface area contributed by atoms with Crippen LogP contribution in [-0.2, 0) is 7.05 Å². The van der Waals surface area contributed by atoms with Crippen LogP contribution < -0.4 is 11.1 Å². The Morgan fingerprint density at radius 3 is 2.67 bits per heavy atom. The fourth-order valence-electron chi connectivity index (χ4n) is 0.953. The van der Waals surface area contributed by atoms with Gasteiger partial charge in [0.1, 0.15) is 0 Å². The number of nitrogens with zero attached hydrogens (tertiary/aromatic N) is 2. The molecule has 1 rings (SSSR count). The number of halogens is 3. The van der Waals surface area contributed by atoms with E-state index in [2.05, 4.69) is 10.4 Å². The zero-order valence-corrected chi connectivity index (χ0v) is 7.91. The highest BCUT2D eigenvalue weighted by Gasteiger charge is 2.38. The van der Waals surface area contributed by atoms with Crippen LogP contribution >= 0.6 is 0 Å². The highest BCUT2D eigenvalue weighted by atomic mass is 19.4. The Bertz CT molecular complexity index is 335. The van der Waals surface area contributed by atoms with Gasteiger partial charge in [-0.05, 0) is 0 Å². The molecule has 1 unspecified atom stereocenters. The van der Waals surface area contributed by atoms with Gasteiger partial charge in [-0.3, -0.25) is 4.68 Å². The standard InChI is InChI=1S/C7H11F3N4O/c1-14-3-4(11)6(13-14)12-2-5(15)7(8,9)10/h3,5,15H,2,11H2,1H3,(H,12,13). The Morgan fingerprint density at radius 1 is 1.67 bits per heavy atom. The smallest absolute Gasteiger partial charge is 0.394 e. The fraction of sp³-hybridized carbons (Fsp3) is 0.571. The average Bonchev–Trinajstić information content (AvgIpc) is 2.39. The molecule has 0 aromatic carbocycles. The molecule has 0 saturated carbocycles. The van der Waals surface area contributed by atoms with E-state index in [9.17, 15) is 13.2 Å². The van der Waals surface area contributed by atoms with E-state index >= 15 is 0 Å². The van der Waals surface area contributed by atoms with E-state index in [0.717, 1.165) is 0 Å². The van der Waals surface area contributed by atoms with Gasteiger partial charge in [0, 0.05) is 13.2 Å². The third kappa shape index (κ3) is 3.01.